The summed E-state index contributed by atoms with van der Waals surface area (Å²) in [5.41, 5.74) is 0. The van der Waals surface area contributed by atoms with Crippen molar-refractivity contribution in [3.05, 3.63) is 0 Å². The normalized spacial score (nSPS) is 15.2. The molecule has 0 aliphatic rings. The smallest absolute Gasteiger partial charge is 0.407 e. The average molecular weight is 531 g/mol. The van der Waals surface area contributed by atoms with Gasteiger partial charge < -0.3 is 10.0 Å². The van der Waals surface area contributed by atoms with E-state index in [1.165, 1.54) is 6.92 Å². The first-order valence-electron chi connectivity index (χ1n) is 8.22. The van der Waals surface area contributed by atoms with Crippen molar-refractivity contribution in [3.63, 3.8) is 0 Å². The van der Waals surface area contributed by atoms with Crippen LogP contribution < -0.4 is 0 Å². The standard InChI is InChI=1S/C14H13F16NO2/c1-2-3-4-31(7(32)33)5-8(17,18)10(21,22)12(25,26)14(29,30)13(27,28)11(23,24)9(19,20)6(15)16/h6H,2-5H2,1H3,(H,32,33). The molecule has 0 saturated carbocycles. The number of halogens is 16. The van der Waals surface area contributed by atoms with Crippen molar-refractivity contribution in [2.45, 2.75) is 67.6 Å². The summed E-state index contributed by atoms with van der Waals surface area (Å²) >= 11 is 0. The van der Waals surface area contributed by atoms with Crippen LogP contribution in [0.5, 0.6) is 0 Å². The number of nitrogens with zero attached hydrogens (tertiary/aromatic N) is 1. The number of alkyl halides is 16. The van der Waals surface area contributed by atoms with Crippen molar-refractivity contribution < 1.29 is 80.1 Å². The van der Waals surface area contributed by atoms with Crippen LogP contribution >= 0.6 is 0 Å². The molecule has 0 bridgehead atoms. The molecule has 0 aliphatic carbocycles. The molecule has 0 fully saturated rings. The van der Waals surface area contributed by atoms with Crippen LogP contribution in [0.25, 0.3) is 0 Å². The van der Waals surface area contributed by atoms with Crippen LogP contribution in [-0.4, -0.2) is 77.1 Å². The summed E-state index contributed by atoms with van der Waals surface area (Å²) in [5, 5.41) is 8.61. The molecule has 0 radical (unpaired) electrons. The molecule has 0 atom stereocenters. The molecule has 198 valence electrons. The Kier molecular flexibility index (Phi) is 8.56. The zero-order valence-electron chi connectivity index (χ0n) is 15.8. The first-order chi connectivity index (χ1) is 14.3. The Morgan fingerprint density at radius 3 is 1.42 bits per heavy atom. The van der Waals surface area contributed by atoms with Gasteiger partial charge in [-0.05, 0) is 6.42 Å². The van der Waals surface area contributed by atoms with Gasteiger partial charge in [-0.1, -0.05) is 13.3 Å². The summed E-state index contributed by atoms with van der Waals surface area (Å²) in [4.78, 5) is 10.0. The number of unbranched alkanes of at least 4 members (excludes halogenated alkanes) is 1. The fourth-order valence-electron chi connectivity index (χ4n) is 2.10. The molecule has 0 aromatic rings. The summed E-state index contributed by atoms with van der Waals surface area (Å²) in [5.74, 6) is -55.4. The number of hydrogen-bond acceptors (Lipinski definition) is 1. The maximum Gasteiger partial charge on any atom is 0.407 e. The average Bonchev–Trinajstić information content (AvgIpc) is 2.63. The van der Waals surface area contributed by atoms with Gasteiger partial charge in [0, 0.05) is 6.54 Å². The lowest BCUT2D eigenvalue weighted by molar-refractivity contribution is -0.446. The molecular weight excluding hydrogens is 518 g/mol. The first-order valence-corrected chi connectivity index (χ1v) is 8.22. The molecular formula is C14H13F16NO2. The molecule has 0 spiro atoms. The zero-order valence-corrected chi connectivity index (χ0v) is 15.8. The first kappa shape index (κ1) is 31.1. The third-order valence-corrected chi connectivity index (χ3v) is 4.17. The summed E-state index contributed by atoms with van der Waals surface area (Å²) in [6, 6.07) is 0. The van der Waals surface area contributed by atoms with E-state index >= 15 is 0 Å². The minimum Gasteiger partial charge on any atom is -0.465 e. The van der Waals surface area contributed by atoms with Crippen LogP contribution in [0.2, 0.25) is 0 Å². The van der Waals surface area contributed by atoms with Crippen LogP contribution in [0, 0.1) is 0 Å². The van der Waals surface area contributed by atoms with Gasteiger partial charge in [0.1, 0.15) is 0 Å². The molecule has 0 rings (SSSR count). The Balaban J connectivity index is 6.52. The van der Waals surface area contributed by atoms with Crippen molar-refractivity contribution in [1.82, 2.24) is 4.90 Å². The number of hydrogen-bond donors (Lipinski definition) is 1. The second-order valence-electron chi connectivity index (χ2n) is 6.56. The summed E-state index contributed by atoms with van der Waals surface area (Å²) in [6.45, 7) is -2.84. The van der Waals surface area contributed by atoms with Gasteiger partial charge in [-0.25, -0.2) is 13.6 Å². The fraction of sp³-hybridized carbons (Fsp3) is 0.929. The van der Waals surface area contributed by atoms with Crippen molar-refractivity contribution >= 4 is 6.09 Å². The van der Waals surface area contributed by atoms with E-state index in [4.69, 9.17) is 5.11 Å². The second kappa shape index (κ2) is 9.07. The summed E-state index contributed by atoms with van der Waals surface area (Å²) in [7, 11) is 0. The third kappa shape index (κ3) is 4.72. The zero-order chi connectivity index (χ0) is 27.1. The summed E-state index contributed by atoms with van der Waals surface area (Å²) < 4.78 is 211. The topological polar surface area (TPSA) is 40.5 Å². The molecule has 1 N–H and O–H groups in total. The lowest BCUT2D eigenvalue weighted by Gasteiger charge is -2.43. The van der Waals surface area contributed by atoms with Gasteiger partial charge in [0.2, 0.25) is 0 Å². The highest BCUT2D eigenvalue weighted by Gasteiger charge is 2.93. The number of rotatable bonds is 12. The highest BCUT2D eigenvalue weighted by atomic mass is 19.4. The number of carboxylic acid groups (broad SMARTS) is 1. The molecule has 3 nitrogen and oxygen atoms in total. The Morgan fingerprint density at radius 1 is 0.727 bits per heavy atom. The lowest BCUT2D eigenvalue weighted by atomic mass is 9.89. The second-order valence-corrected chi connectivity index (χ2v) is 6.56. The molecule has 0 unspecified atom stereocenters. The number of carbonyl (C=O) groups is 1. The van der Waals surface area contributed by atoms with Gasteiger partial charge in [-0.3, -0.25) is 0 Å². The van der Waals surface area contributed by atoms with Crippen molar-refractivity contribution in [2.24, 2.45) is 0 Å². The minimum absolute atomic E-state index is 0.0143. The van der Waals surface area contributed by atoms with Crippen LogP contribution in [0.3, 0.4) is 0 Å². The van der Waals surface area contributed by atoms with E-state index in [0.29, 0.717) is 0 Å². The fourth-order valence-corrected chi connectivity index (χ4v) is 2.10. The van der Waals surface area contributed by atoms with E-state index in [1.54, 1.807) is 0 Å². The quantitative estimate of drug-likeness (QED) is 0.293. The van der Waals surface area contributed by atoms with Gasteiger partial charge in [0.05, 0.1) is 6.54 Å². The van der Waals surface area contributed by atoms with Crippen LogP contribution in [0.15, 0.2) is 0 Å². The van der Waals surface area contributed by atoms with Crippen LogP contribution in [-0.2, 0) is 0 Å². The van der Waals surface area contributed by atoms with Gasteiger partial charge in [-0.15, -0.1) is 0 Å². The highest BCUT2D eigenvalue weighted by molar-refractivity contribution is 5.65. The van der Waals surface area contributed by atoms with E-state index < -0.39 is 72.0 Å². The van der Waals surface area contributed by atoms with Gasteiger partial charge in [0.25, 0.3) is 0 Å². The van der Waals surface area contributed by atoms with Crippen LogP contribution in [0.1, 0.15) is 19.8 Å². The molecule has 0 saturated heterocycles. The molecule has 0 heterocycles. The molecule has 1 amide bonds. The lowest BCUT2D eigenvalue weighted by Crippen LogP contribution is -2.74. The molecule has 33 heavy (non-hydrogen) atoms. The minimum atomic E-state index is -8.49. The molecule has 0 aromatic heterocycles. The third-order valence-electron chi connectivity index (χ3n) is 4.17. The predicted octanol–water partition coefficient (Wildman–Crippen LogP) is 6.48. The van der Waals surface area contributed by atoms with E-state index in [9.17, 15) is 75.0 Å². The SMILES string of the molecule is CCCCN(CC(F)(F)C(F)(F)C(F)(F)C(F)(F)C(F)(F)C(F)(F)C(F)(F)C(F)F)C(=O)O. The Labute approximate surface area is 173 Å². The van der Waals surface area contributed by atoms with E-state index in [0.717, 1.165) is 0 Å². The van der Waals surface area contributed by atoms with Gasteiger partial charge in [0.15, 0.2) is 0 Å². The molecule has 19 heteroatoms. The Morgan fingerprint density at radius 2 is 1.09 bits per heavy atom. The van der Waals surface area contributed by atoms with E-state index in [1.807, 2.05) is 0 Å². The highest BCUT2D eigenvalue weighted by Crippen LogP contribution is 2.62. The van der Waals surface area contributed by atoms with Gasteiger partial charge >= 0.3 is 54.0 Å². The predicted molar refractivity (Wildman–Crippen MR) is 75.1 cm³/mol. The van der Waals surface area contributed by atoms with E-state index in [2.05, 4.69) is 0 Å². The molecule has 0 aromatic carbocycles. The molecule has 0 aliphatic heterocycles. The number of amides is 1. The summed E-state index contributed by atoms with van der Waals surface area (Å²) in [6.07, 6.45) is -8.80. The largest absolute Gasteiger partial charge is 0.465 e. The van der Waals surface area contributed by atoms with E-state index in [-0.39, 0.29) is 12.8 Å². The Hall–Kier alpha value is -1.85. The van der Waals surface area contributed by atoms with Crippen LogP contribution in [0.4, 0.5) is 75.0 Å². The monoisotopic (exact) mass is 531 g/mol. The van der Waals surface area contributed by atoms with Crippen molar-refractivity contribution in [2.75, 3.05) is 13.1 Å². The Bertz CT molecular complexity index is 693. The van der Waals surface area contributed by atoms with Gasteiger partial charge in [-0.2, -0.15) is 61.5 Å². The van der Waals surface area contributed by atoms with Crippen molar-refractivity contribution in [1.29, 1.82) is 0 Å². The maximum absolute atomic E-state index is 13.7. The maximum atomic E-state index is 13.7. The van der Waals surface area contributed by atoms with Crippen molar-refractivity contribution in [3.8, 4) is 0 Å².